The van der Waals surface area contributed by atoms with E-state index in [0.717, 1.165) is 19.3 Å². The van der Waals surface area contributed by atoms with Crippen molar-refractivity contribution in [3.05, 3.63) is 11.6 Å². The van der Waals surface area contributed by atoms with Gasteiger partial charge in [0.15, 0.2) is 31.5 Å². The normalized spacial score (nSPS) is 55.7. The van der Waals surface area contributed by atoms with E-state index in [2.05, 4.69) is 47.6 Å². The standard InChI is InChI=1S/C59H98O27/c1-24-35(65)40(70)45(75)50(79-24)86-48-43(73)38(68)29(20-62)82-53(48)83-30-21-77-52(47(39(30)69)85-51-46(76)42(72)37(67)28(19-61)81-51)84-34-11-12-56(5)31(54(34,2)3)10-13-57(6)32(56)9-8-25-26-16-55(4,14-15-59(26,22-63)33(64)17-58(25,57)7)23-78-49-44(74)41(71)36(66)27(18-60)80-49/h8,24,26-53,60-76H,9-23H2,1-7H3/t24-,26-,27+,28+,29+,30-,31-,32+,33+,34-,35-,36+,37+,38+,39-,40+,41-,42-,43-,44+,45+,46+,47+,48+,49+,50-,51-,52-,53-,55-,56-,57+,58+,59+/m0/s1. The monoisotopic (exact) mass is 1240 g/mol. The van der Waals surface area contributed by atoms with E-state index in [4.69, 9.17) is 47.4 Å². The molecule has 86 heavy (non-hydrogen) atoms. The van der Waals surface area contributed by atoms with E-state index in [-0.39, 0.29) is 41.8 Å². The van der Waals surface area contributed by atoms with Crippen molar-refractivity contribution in [3.8, 4) is 0 Å². The fourth-order valence-corrected chi connectivity index (χ4v) is 17.9. The molecule has 0 amide bonds. The molecular weight excluding hydrogens is 1140 g/mol. The van der Waals surface area contributed by atoms with Crippen LogP contribution in [0.25, 0.3) is 0 Å². The Bertz CT molecular complexity index is 2340. The number of rotatable bonds is 15. The van der Waals surface area contributed by atoms with Gasteiger partial charge in [0.25, 0.3) is 0 Å². The molecule has 0 spiro atoms. The summed E-state index contributed by atoms with van der Waals surface area (Å²) in [6.07, 6.45) is -32.5. The molecule has 496 valence electrons. The summed E-state index contributed by atoms with van der Waals surface area (Å²) in [5.74, 6) is -0.0945. The van der Waals surface area contributed by atoms with Crippen molar-refractivity contribution in [2.24, 2.45) is 50.2 Å². The Kier molecular flexibility index (Phi) is 19.8. The topological polar surface area (TPSA) is 436 Å². The van der Waals surface area contributed by atoms with Gasteiger partial charge in [0.05, 0.1) is 58.0 Å². The van der Waals surface area contributed by atoms with Crippen molar-refractivity contribution in [3.63, 3.8) is 0 Å². The lowest BCUT2D eigenvalue weighted by Gasteiger charge is -2.72. The fraction of sp³-hybridized carbons (Fsp3) is 0.966. The van der Waals surface area contributed by atoms with Gasteiger partial charge in [-0.2, -0.15) is 0 Å². The molecule has 4 saturated carbocycles. The zero-order valence-electron chi connectivity index (χ0n) is 50.1. The predicted molar refractivity (Wildman–Crippen MR) is 291 cm³/mol. The third-order valence-corrected chi connectivity index (χ3v) is 23.5. The van der Waals surface area contributed by atoms with Gasteiger partial charge in [-0.05, 0) is 110 Å². The van der Waals surface area contributed by atoms with Crippen molar-refractivity contribution in [1.29, 1.82) is 0 Å². The Labute approximate surface area is 500 Å². The van der Waals surface area contributed by atoms with Crippen LogP contribution in [-0.2, 0) is 47.4 Å². The molecule has 5 saturated heterocycles. The fourth-order valence-electron chi connectivity index (χ4n) is 17.9. The first-order valence-corrected chi connectivity index (χ1v) is 30.9. The highest BCUT2D eigenvalue weighted by Gasteiger charge is 2.71. The van der Waals surface area contributed by atoms with E-state index in [1.165, 1.54) is 12.5 Å². The molecule has 0 radical (unpaired) electrons. The van der Waals surface area contributed by atoms with Crippen molar-refractivity contribution in [2.45, 2.75) is 266 Å². The van der Waals surface area contributed by atoms with Crippen LogP contribution in [0.15, 0.2) is 11.6 Å². The Balaban J connectivity index is 0.886. The molecule has 0 aromatic rings. The summed E-state index contributed by atoms with van der Waals surface area (Å²) in [5, 5.41) is 185. The maximum Gasteiger partial charge on any atom is 0.187 e. The van der Waals surface area contributed by atoms with Gasteiger partial charge in [-0.3, -0.25) is 0 Å². The molecule has 0 aromatic heterocycles. The molecule has 17 N–H and O–H groups in total. The van der Waals surface area contributed by atoms with Crippen LogP contribution in [0.5, 0.6) is 0 Å². The number of aliphatic hydroxyl groups excluding tert-OH is 17. The van der Waals surface area contributed by atoms with E-state index in [1.54, 1.807) is 0 Å². The molecule has 10 aliphatic rings. The SMILES string of the molecule is C[C@@H]1O[C@@H](O[C@H]2[C@H](O[C@H]3CO[C@@H](O[C@H]4CC[C@]5(C)[C@H]6CC=C7[C@@H]8C[C@@](C)(CO[C@@H]9O[C@H](CO)[C@@H](O)[C@H](O)[C@H]9O)CC[C@]8(CO)[C@H](O)C[C@@]7(C)[C@]6(C)CC[C@H]5C4(C)C)[C@H](O[C@@H]4O[C@H](CO)[C@@H](O)[C@H](O)[C@H]4O)[C@H]3O)O[C@H](CO)[C@@H](O)[C@@H]2O)[C@H](O)[C@H](O)[C@H]1O. The lowest BCUT2D eigenvalue weighted by Crippen LogP contribution is -2.68. The lowest BCUT2D eigenvalue weighted by molar-refractivity contribution is -0.394. The molecule has 10 rings (SSSR count). The highest BCUT2D eigenvalue weighted by molar-refractivity contribution is 5.35. The van der Waals surface area contributed by atoms with Gasteiger partial charge in [0.2, 0.25) is 0 Å². The van der Waals surface area contributed by atoms with Crippen LogP contribution in [-0.4, -0.2) is 286 Å². The summed E-state index contributed by atoms with van der Waals surface area (Å²) in [7, 11) is 0. The van der Waals surface area contributed by atoms with E-state index in [0.29, 0.717) is 38.5 Å². The third-order valence-electron chi connectivity index (χ3n) is 23.5. The average Bonchev–Trinajstić information content (AvgIpc) is 0.682. The molecule has 27 nitrogen and oxygen atoms in total. The zero-order valence-corrected chi connectivity index (χ0v) is 50.1. The first-order chi connectivity index (χ1) is 40.4. The van der Waals surface area contributed by atoms with Gasteiger partial charge in [-0.25, -0.2) is 0 Å². The molecule has 9 fully saturated rings. The average molecular weight is 1240 g/mol. The van der Waals surface area contributed by atoms with Crippen molar-refractivity contribution < 1.29 is 134 Å². The van der Waals surface area contributed by atoms with Crippen LogP contribution in [0.1, 0.15) is 106 Å². The molecule has 0 unspecified atom stereocenters. The minimum Gasteiger partial charge on any atom is -0.396 e. The number of hydrogen-bond donors (Lipinski definition) is 17. The minimum absolute atomic E-state index is 0.0306. The summed E-state index contributed by atoms with van der Waals surface area (Å²) < 4.78 is 61.0. The maximum absolute atomic E-state index is 12.5. The number of hydrogen-bond acceptors (Lipinski definition) is 27. The summed E-state index contributed by atoms with van der Waals surface area (Å²) in [6.45, 7) is 11.9. The summed E-state index contributed by atoms with van der Waals surface area (Å²) >= 11 is 0. The van der Waals surface area contributed by atoms with E-state index < -0.39 is 208 Å². The molecule has 34 atom stereocenters. The molecule has 0 aromatic carbocycles. The van der Waals surface area contributed by atoms with E-state index >= 15 is 0 Å². The number of allylic oxidation sites excluding steroid dienone is 2. The number of aliphatic hydroxyl groups is 17. The van der Waals surface area contributed by atoms with E-state index in [1.807, 2.05) is 0 Å². The van der Waals surface area contributed by atoms with Crippen LogP contribution in [0.4, 0.5) is 0 Å². The number of ether oxygens (including phenoxy) is 10. The Morgan fingerprint density at radius 1 is 0.512 bits per heavy atom. The predicted octanol–water partition coefficient (Wildman–Crippen LogP) is -4.13. The summed E-state index contributed by atoms with van der Waals surface area (Å²) in [6, 6.07) is 0. The Hall–Kier alpha value is -1.34. The van der Waals surface area contributed by atoms with Crippen molar-refractivity contribution in [2.75, 3.05) is 39.6 Å². The Morgan fingerprint density at radius 2 is 1.06 bits per heavy atom. The van der Waals surface area contributed by atoms with Crippen LogP contribution < -0.4 is 0 Å². The first kappa shape index (κ1) is 67.5. The lowest BCUT2D eigenvalue weighted by atomic mass is 9.33. The second-order valence-corrected chi connectivity index (χ2v) is 28.6. The third kappa shape index (κ3) is 11.2. The molecular formula is C59H98O27. The first-order valence-electron chi connectivity index (χ1n) is 30.9. The number of fused-ring (bicyclic) bond motifs is 7. The van der Waals surface area contributed by atoms with E-state index in [9.17, 15) is 86.8 Å². The van der Waals surface area contributed by atoms with Crippen molar-refractivity contribution in [1.82, 2.24) is 0 Å². The highest BCUT2D eigenvalue weighted by atomic mass is 16.8. The minimum atomic E-state index is -1.93. The quantitative estimate of drug-likeness (QED) is 0.0547. The van der Waals surface area contributed by atoms with Gasteiger partial charge in [-0.15, -0.1) is 0 Å². The van der Waals surface area contributed by atoms with Crippen molar-refractivity contribution >= 4 is 0 Å². The van der Waals surface area contributed by atoms with Crippen LogP contribution >= 0.6 is 0 Å². The molecule has 0 bridgehead atoms. The van der Waals surface area contributed by atoms with Gasteiger partial charge >= 0.3 is 0 Å². The molecule has 27 heteroatoms. The molecule has 5 heterocycles. The van der Waals surface area contributed by atoms with Gasteiger partial charge < -0.3 is 134 Å². The highest BCUT2D eigenvalue weighted by Crippen LogP contribution is 2.76. The van der Waals surface area contributed by atoms with Crippen LogP contribution in [0, 0.1) is 50.2 Å². The smallest absolute Gasteiger partial charge is 0.187 e. The second-order valence-electron chi connectivity index (χ2n) is 28.6. The van der Waals surface area contributed by atoms with Crippen LogP contribution in [0.3, 0.4) is 0 Å². The molecule has 5 aliphatic carbocycles. The zero-order chi connectivity index (χ0) is 62.7. The Morgan fingerprint density at radius 3 is 1.66 bits per heavy atom. The van der Waals surface area contributed by atoms with Gasteiger partial charge in [-0.1, -0.05) is 53.2 Å². The van der Waals surface area contributed by atoms with Gasteiger partial charge in [0, 0.05) is 5.41 Å². The van der Waals surface area contributed by atoms with Crippen LogP contribution in [0.2, 0.25) is 0 Å². The largest absolute Gasteiger partial charge is 0.396 e. The molecule has 5 aliphatic heterocycles. The van der Waals surface area contributed by atoms with Gasteiger partial charge in [0.1, 0.15) is 110 Å². The summed E-state index contributed by atoms with van der Waals surface area (Å²) in [4.78, 5) is 0. The summed E-state index contributed by atoms with van der Waals surface area (Å²) in [5.41, 5.74) is -1.89. The second kappa shape index (κ2) is 25.2. The maximum atomic E-state index is 12.5.